The molecule has 2 heterocycles. The molecule has 0 aliphatic heterocycles. The number of carbonyl (C=O) groups is 2. The summed E-state index contributed by atoms with van der Waals surface area (Å²) in [6.07, 6.45) is 3.76. The first-order valence-corrected chi connectivity index (χ1v) is 8.93. The Morgan fingerprint density at radius 3 is 2.54 bits per heavy atom. The molecule has 0 fully saturated rings. The maximum absolute atomic E-state index is 14.6. The maximum atomic E-state index is 14.6. The molecule has 0 saturated heterocycles. The van der Waals surface area contributed by atoms with Crippen LogP contribution in [0, 0.1) is 5.82 Å². The number of hydrogen-bond donors (Lipinski definition) is 0. The van der Waals surface area contributed by atoms with Crippen LogP contribution >= 0.6 is 0 Å². The molecule has 144 valence electrons. The number of nitrogens with zero attached hydrogens (tertiary/aromatic N) is 4. The van der Waals surface area contributed by atoms with Gasteiger partial charge in [-0.05, 0) is 30.3 Å². The third-order valence-corrected chi connectivity index (χ3v) is 4.49. The summed E-state index contributed by atoms with van der Waals surface area (Å²) in [5, 5.41) is 4.18. The summed E-state index contributed by atoms with van der Waals surface area (Å²) in [6, 6.07) is 9.65. The minimum absolute atomic E-state index is 0.0930. The zero-order chi connectivity index (χ0) is 20.3. The molecular weight excluding hydrogens is 359 g/mol. The molecule has 3 rings (SSSR count). The first-order chi connectivity index (χ1) is 13.4. The van der Waals surface area contributed by atoms with Crippen molar-refractivity contribution in [2.45, 2.75) is 19.8 Å². The Kier molecular flexibility index (Phi) is 5.63. The van der Waals surface area contributed by atoms with Gasteiger partial charge in [0, 0.05) is 49.7 Å². The molecule has 7 heteroatoms. The fourth-order valence-electron chi connectivity index (χ4n) is 2.86. The van der Waals surface area contributed by atoms with Gasteiger partial charge in [0.1, 0.15) is 11.5 Å². The van der Waals surface area contributed by atoms with Gasteiger partial charge in [-0.3, -0.25) is 19.3 Å². The zero-order valence-electron chi connectivity index (χ0n) is 16.0. The van der Waals surface area contributed by atoms with Crippen LogP contribution < -0.4 is 4.90 Å². The molecule has 0 spiro atoms. The van der Waals surface area contributed by atoms with Crippen molar-refractivity contribution >= 4 is 17.4 Å². The van der Waals surface area contributed by atoms with Gasteiger partial charge >= 0.3 is 0 Å². The number of amides is 1. The molecule has 0 aliphatic carbocycles. The number of aryl methyl sites for hydroxylation is 1. The van der Waals surface area contributed by atoms with Gasteiger partial charge in [0.05, 0.1) is 12.1 Å². The number of anilines is 1. The number of benzene rings is 1. The smallest absolute Gasteiger partial charge is 0.226 e. The fourth-order valence-corrected chi connectivity index (χ4v) is 2.86. The Bertz CT molecular complexity index is 1010. The van der Waals surface area contributed by atoms with Gasteiger partial charge in [-0.1, -0.05) is 13.0 Å². The van der Waals surface area contributed by atoms with Crippen molar-refractivity contribution in [3.63, 3.8) is 0 Å². The van der Waals surface area contributed by atoms with Crippen molar-refractivity contribution in [2.24, 2.45) is 7.05 Å². The van der Waals surface area contributed by atoms with Crippen molar-refractivity contribution in [3.05, 3.63) is 66.0 Å². The number of pyridine rings is 1. The molecule has 0 N–H and O–H groups in total. The zero-order valence-corrected chi connectivity index (χ0v) is 16.0. The first kappa shape index (κ1) is 19.4. The molecule has 1 amide bonds. The molecule has 0 saturated carbocycles. The van der Waals surface area contributed by atoms with E-state index in [1.54, 1.807) is 62.2 Å². The highest BCUT2D eigenvalue weighted by molar-refractivity contribution is 5.96. The van der Waals surface area contributed by atoms with E-state index in [1.807, 2.05) is 0 Å². The van der Waals surface area contributed by atoms with Crippen LogP contribution in [0.25, 0.3) is 11.1 Å². The van der Waals surface area contributed by atoms with E-state index in [9.17, 15) is 14.0 Å². The number of Topliss-reactive ketones (excluding diaryl/α,β-unsaturated/α-hetero) is 1. The third-order valence-electron chi connectivity index (χ3n) is 4.49. The minimum atomic E-state index is -0.456. The van der Waals surface area contributed by atoms with E-state index in [0.717, 1.165) is 0 Å². The molecule has 3 aromatic rings. The monoisotopic (exact) mass is 380 g/mol. The molecule has 2 aromatic heterocycles. The molecule has 28 heavy (non-hydrogen) atoms. The van der Waals surface area contributed by atoms with Crippen molar-refractivity contribution in [3.8, 4) is 11.1 Å². The first-order valence-electron chi connectivity index (χ1n) is 8.93. The summed E-state index contributed by atoms with van der Waals surface area (Å²) >= 11 is 0. The second kappa shape index (κ2) is 8.12. The van der Waals surface area contributed by atoms with Gasteiger partial charge in [-0.2, -0.15) is 5.10 Å². The average molecular weight is 380 g/mol. The lowest BCUT2D eigenvalue weighted by atomic mass is 10.0. The Morgan fingerprint density at radius 1 is 1.18 bits per heavy atom. The highest BCUT2D eigenvalue weighted by Crippen LogP contribution is 2.26. The van der Waals surface area contributed by atoms with Crippen molar-refractivity contribution in [1.82, 2.24) is 14.8 Å². The maximum Gasteiger partial charge on any atom is 0.226 e. The van der Waals surface area contributed by atoms with E-state index in [0.29, 0.717) is 34.6 Å². The van der Waals surface area contributed by atoms with E-state index in [4.69, 9.17) is 0 Å². The van der Waals surface area contributed by atoms with Crippen LogP contribution in [0.15, 0.2) is 48.8 Å². The van der Waals surface area contributed by atoms with Crippen molar-refractivity contribution < 1.29 is 14.0 Å². The van der Waals surface area contributed by atoms with E-state index >= 15 is 0 Å². The molecule has 0 atom stereocenters. The lowest BCUT2D eigenvalue weighted by Crippen LogP contribution is -2.25. The summed E-state index contributed by atoms with van der Waals surface area (Å²) in [5.74, 6) is -0.701. The van der Waals surface area contributed by atoms with E-state index in [-0.39, 0.29) is 18.1 Å². The van der Waals surface area contributed by atoms with Gasteiger partial charge in [-0.25, -0.2) is 4.39 Å². The number of hydrogen-bond acceptors (Lipinski definition) is 4. The molecule has 1 aromatic carbocycles. The summed E-state index contributed by atoms with van der Waals surface area (Å²) < 4.78 is 16.2. The Morgan fingerprint density at radius 2 is 1.96 bits per heavy atom. The molecule has 0 aliphatic rings. The quantitative estimate of drug-likeness (QED) is 0.615. The normalized spacial score (nSPS) is 10.7. The lowest BCUT2D eigenvalue weighted by Gasteiger charge is -2.17. The predicted molar refractivity (Wildman–Crippen MR) is 105 cm³/mol. The summed E-state index contributed by atoms with van der Waals surface area (Å²) in [4.78, 5) is 29.7. The number of carbonyl (C=O) groups excluding carboxylic acids is 2. The molecule has 0 bridgehead atoms. The standard InChI is InChI=1S/C21H21FN4O2/c1-4-21(28)26(3)16-6-7-17(18(22)12-16)14-5-8-19(23-13-14)20(27)11-15-9-10-25(2)24-15/h5-10,12-13H,4,11H2,1-3H3. The summed E-state index contributed by atoms with van der Waals surface area (Å²) in [7, 11) is 3.40. The second-order valence-electron chi connectivity index (χ2n) is 6.48. The van der Waals surface area contributed by atoms with Gasteiger partial charge in [0.2, 0.25) is 5.91 Å². The van der Waals surface area contributed by atoms with Crippen LogP contribution in [0.1, 0.15) is 29.5 Å². The van der Waals surface area contributed by atoms with Crippen molar-refractivity contribution in [2.75, 3.05) is 11.9 Å². The Hall–Kier alpha value is -3.35. The third kappa shape index (κ3) is 4.14. The Balaban J connectivity index is 1.77. The molecule has 0 radical (unpaired) electrons. The number of halogens is 1. The highest BCUT2D eigenvalue weighted by atomic mass is 19.1. The Labute approximate surface area is 162 Å². The van der Waals surface area contributed by atoms with Crippen LogP contribution in [0.4, 0.5) is 10.1 Å². The average Bonchev–Trinajstić information content (AvgIpc) is 3.11. The lowest BCUT2D eigenvalue weighted by molar-refractivity contribution is -0.118. The number of ketones is 1. The number of aromatic nitrogens is 3. The van der Waals surface area contributed by atoms with Crippen LogP contribution in [0.2, 0.25) is 0 Å². The van der Waals surface area contributed by atoms with Gasteiger partial charge < -0.3 is 4.90 Å². The fraction of sp³-hybridized carbons (Fsp3) is 0.238. The topological polar surface area (TPSA) is 68.1 Å². The molecule has 0 unspecified atom stereocenters. The molecular formula is C21H21FN4O2. The van der Waals surface area contributed by atoms with Gasteiger partial charge in [0.25, 0.3) is 0 Å². The highest BCUT2D eigenvalue weighted by Gasteiger charge is 2.14. The summed E-state index contributed by atoms with van der Waals surface area (Å²) in [5.41, 5.74) is 2.38. The second-order valence-corrected chi connectivity index (χ2v) is 6.48. The van der Waals surface area contributed by atoms with Crippen LogP contribution in [0.3, 0.4) is 0 Å². The van der Waals surface area contributed by atoms with E-state index < -0.39 is 5.82 Å². The number of rotatable bonds is 6. The SMILES string of the molecule is CCC(=O)N(C)c1ccc(-c2ccc(C(=O)Cc3ccn(C)n3)nc2)c(F)c1. The largest absolute Gasteiger partial charge is 0.315 e. The van der Waals surface area contributed by atoms with Crippen LogP contribution in [-0.4, -0.2) is 33.5 Å². The van der Waals surface area contributed by atoms with E-state index in [1.165, 1.54) is 17.2 Å². The van der Waals surface area contributed by atoms with Crippen LogP contribution in [-0.2, 0) is 18.3 Å². The van der Waals surface area contributed by atoms with Gasteiger partial charge in [-0.15, -0.1) is 0 Å². The van der Waals surface area contributed by atoms with Gasteiger partial charge in [0.15, 0.2) is 5.78 Å². The predicted octanol–water partition coefficient (Wildman–Crippen LogP) is 3.42. The van der Waals surface area contributed by atoms with E-state index in [2.05, 4.69) is 10.1 Å². The summed E-state index contributed by atoms with van der Waals surface area (Å²) in [6.45, 7) is 1.76. The van der Waals surface area contributed by atoms with Crippen LogP contribution in [0.5, 0.6) is 0 Å². The molecule has 6 nitrogen and oxygen atoms in total. The van der Waals surface area contributed by atoms with Crippen molar-refractivity contribution in [1.29, 1.82) is 0 Å². The minimum Gasteiger partial charge on any atom is -0.315 e.